The van der Waals surface area contributed by atoms with Crippen LogP contribution < -0.4 is 11.2 Å². The molecule has 5 heteroatoms. The second kappa shape index (κ2) is 7.88. The summed E-state index contributed by atoms with van der Waals surface area (Å²) in [6.45, 7) is 4.30. The minimum atomic E-state index is -0.303. The Bertz CT molecular complexity index is 1350. The lowest BCUT2D eigenvalue weighted by molar-refractivity contribution is 0.215. The molecule has 5 nitrogen and oxygen atoms in total. The minimum Gasteiger partial charge on any atom is -0.361 e. The number of benzene rings is 2. The van der Waals surface area contributed by atoms with E-state index in [1.807, 2.05) is 18.2 Å². The molecule has 2 N–H and O–H groups in total. The molecule has 1 aliphatic carbocycles. The van der Waals surface area contributed by atoms with Gasteiger partial charge >= 0.3 is 5.69 Å². The van der Waals surface area contributed by atoms with Gasteiger partial charge in [0, 0.05) is 23.0 Å². The molecule has 0 radical (unpaired) electrons. The van der Waals surface area contributed by atoms with Crippen LogP contribution in [0.15, 0.2) is 58.3 Å². The van der Waals surface area contributed by atoms with Gasteiger partial charge in [-0.15, -0.1) is 0 Å². The van der Waals surface area contributed by atoms with Crippen molar-refractivity contribution in [2.45, 2.75) is 57.9 Å². The van der Waals surface area contributed by atoms with Gasteiger partial charge in [0.1, 0.15) is 0 Å². The molecule has 2 unspecified atom stereocenters. The van der Waals surface area contributed by atoms with Crippen LogP contribution in [0.2, 0.25) is 0 Å². The van der Waals surface area contributed by atoms with Gasteiger partial charge in [0.05, 0.1) is 16.9 Å². The zero-order valence-electron chi connectivity index (χ0n) is 18.2. The molecule has 0 bridgehead atoms. The number of rotatable bonds is 4. The van der Waals surface area contributed by atoms with E-state index in [0.29, 0.717) is 16.8 Å². The van der Waals surface area contributed by atoms with Gasteiger partial charge in [0.25, 0.3) is 5.56 Å². The number of nitrogens with one attached hydrogen (secondary N) is 2. The summed E-state index contributed by atoms with van der Waals surface area (Å²) in [6.07, 6.45) is 7.71. The number of hydrogen-bond donors (Lipinski definition) is 2. The molecule has 2 atom stereocenters. The Hall–Kier alpha value is -3.08. The van der Waals surface area contributed by atoms with Gasteiger partial charge in [0.2, 0.25) is 0 Å². The van der Waals surface area contributed by atoms with Crippen LogP contribution in [0.25, 0.3) is 21.8 Å². The van der Waals surface area contributed by atoms with Crippen LogP contribution in [-0.2, 0) is 0 Å². The van der Waals surface area contributed by atoms with Crippen molar-refractivity contribution in [1.82, 2.24) is 14.5 Å². The third-order valence-corrected chi connectivity index (χ3v) is 7.22. The molecule has 160 valence electrons. The van der Waals surface area contributed by atoms with Crippen LogP contribution in [0, 0.1) is 12.8 Å². The van der Waals surface area contributed by atoms with Crippen LogP contribution in [0.5, 0.6) is 0 Å². The summed E-state index contributed by atoms with van der Waals surface area (Å²) in [4.78, 5) is 33.2. The van der Waals surface area contributed by atoms with Crippen molar-refractivity contribution in [3.63, 3.8) is 0 Å². The molecule has 1 aliphatic rings. The molecule has 4 aromatic rings. The first-order chi connectivity index (χ1) is 15.1. The molecule has 2 aromatic heterocycles. The van der Waals surface area contributed by atoms with Gasteiger partial charge in [-0.25, -0.2) is 4.79 Å². The monoisotopic (exact) mass is 415 g/mol. The Kier molecular flexibility index (Phi) is 5.05. The summed E-state index contributed by atoms with van der Waals surface area (Å²) >= 11 is 0. The molecular weight excluding hydrogens is 386 g/mol. The molecular formula is C26H29N3O2. The van der Waals surface area contributed by atoms with E-state index in [2.05, 4.69) is 48.2 Å². The van der Waals surface area contributed by atoms with E-state index in [4.69, 9.17) is 0 Å². The number of hydrogen-bond acceptors (Lipinski definition) is 2. The highest BCUT2D eigenvalue weighted by molar-refractivity contribution is 5.87. The molecule has 1 fully saturated rings. The first-order valence-corrected chi connectivity index (χ1v) is 11.4. The first-order valence-electron chi connectivity index (χ1n) is 11.4. The second-order valence-electron chi connectivity index (χ2n) is 9.07. The van der Waals surface area contributed by atoms with E-state index < -0.39 is 0 Å². The molecule has 0 aliphatic heterocycles. The van der Waals surface area contributed by atoms with Crippen LogP contribution >= 0.6 is 0 Å². The minimum absolute atomic E-state index is 0.0258. The van der Waals surface area contributed by atoms with Crippen molar-refractivity contribution >= 4 is 21.8 Å². The van der Waals surface area contributed by atoms with Crippen molar-refractivity contribution < 1.29 is 0 Å². The highest BCUT2D eigenvalue weighted by atomic mass is 16.2. The number of aromatic amines is 2. The number of aromatic nitrogens is 3. The average Bonchev–Trinajstić information content (AvgIpc) is 3.22. The maximum Gasteiger partial charge on any atom is 0.329 e. The zero-order valence-corrected chi connectivity index (χ0v) is 18.2. The fourth-order valence-electron chi connectivity index (χ4n) is 5.71. The highest BCUT2D eigenvalue weighted by Crippen LogP contribution is 2.42. The van der Waals surface area contributed by atoms with Crippen LogP contribution in [-0.4, -0.2) is 14.5 Å². The number of H-pyrrole nitrogens is 2. The summed E-state index contributed by atoms with van der Waals surface area (Å²) in [6, 6.07) is 13.4. The summed E-state index contributed by atoms with van der Waals surface area (Å²) in [5.74, 6) is 0.329. The Morgan fingerprint density at radius 3 is 2.52 bits per heavy atom. The van der Waals surface area contributed by atoms with Gasteiger partial charge in [-0.05, 0) is 55.0 Å². The number of para-hydroxylation sites is 1. The Balaban J connectivity index is 1.73. The maximum absolute atomic E-state index is 13.6. The van der Waals surface area contributed by atoms with Gasteiger partial charge in [-0.3, -0.25) is 9.36 Å². The van der Waals surface area contributed by atoms with Crippen LogP contribution in [0.4, 0.5) is 0 Å². The van der Waals surface area contributed by atoms with E-state index in [0.717, 1.165) is 31.2 Å². The third-order valence-electron chi connectivity index (χ3n) is 7.22. The summed E-state index contributed by atoms with van der Waals surface area (Å²) in [5, 5.41) is 1.78. The normalized spacial score (nSPS) is 17.2. The smallest absolute Gasteiger partial charge is 0.329 e. The Morgan fingerprint density at radius 2 is 1.71 bits per heavy atom. The lowest BCUT2D eigenvalue weighted by Gasteiger charge is -2.35. The summed E-state index contributed by atoms with van der Waals surface area (Å²) in [7, 11) is 0. The Labute approximate surface area is 181 Å². The van der Waals surface area contributed by atoms with Gasteiger partial charge in [0.15, 0.2) is 0 Å². The topological polar surface area (TPSA) is 70.7 Å². The maximum atomic E-state index is 13.6. The predicted molar refractivity (Wildman–Crippen MR) is 126 cm³/mol. The zero-order chi connectivity index (χ0) is 21.5. The highest BCUT2D eigenvalue weighted by Gasteiger charge is 2.34. The average molecular weight is 416 g/mol. The molecule has 2 heterocycles. The van der Waals surface area contributed by atoms with Crippen LogP contribution in [0.3, 0.4) is 0 Å². The lowest BCUT2D eigenvalue weighted by Crippen LogP contribution is -2.43. The molecule has 0 amide bonds. The van der Waals surface area contributed by atoms with E-state index in [1.54, 1.807) is 6.07 Å². The molecule has 31 heavy (non-hydrogen) atoms. The molecule has 2 aromatic carbocycles. The van der Waals surface area contributed by atoms with Crippen molar-refractivity contribution in [3.8, 4) is 0 Å². The van der Waals surface area contributed by atoms with E-state index in [1.165, 1.54) is 27.5 Å². The largest absolute Gasteiger partial charge is 0.361 e. The quantitative estimate of drug-likeness (QED) is 0.468. The van der Waals surface area contributed by atoms with Gasteiger partial charge < -0.3 is 9.97 Å². The van der Waals surface area contributed by atoms with Crippen molar-refractivity contribution in [3.05, 3.63) is 80.6 Å². The molecule has 0 saturated heterocycles. The van der Waals surface area contributed by atoms with Crippen LogP contribution in [0.1, 0.15) is 62.1 Å². The lowest BCUT2D eigenvalue weighted by atomic mass is 9.76. The standard InChI is InChI=1S/C26H29N3O2/c1-16-9-8-14-22-23(16)20(15-27-22)17(2)24(18-10-4-3-5-11-18)29-25(30)19-12-6-7-13-21(19)28-26(29)31/h6-9,12-15,17-18,24,27H,3-5,10-11H2,1-2H3,(H,28,31). The fourth-order valence-corrected chi connectivity index (χ4v) is 5.71. The Morgan fingerprint density at radius 1 is 0.968 bits per heavy atom. The van der Waals surface area contributed by atoms with Gasteiger partial charge in [-0.2, -0.15) is 0 Å². The number of nitrogens with zero attached hydrogens (tertiary/aromatic N) is 1. The van der Waals surface area contributed by atoms with E-state index in [9.17, 15) is 9.59 Å². The number of aryl methyl sites for hydroxylation is 1. The van der Waals surface area contributed by atoms with E-state index >= 15 is 0 Å². The second-order valence-corrected chi connectivity index (χ2v) is 9.07. The van der Waals surface area contributed by atoms with E-state index in [-0.39, 0.29) is 23.2 Å². The van der Waals surface area contributed by atoms with Crippen molar-refractivity contribution in [1.29, 1.82) is 0 Å². The van der Waals surface area contributed by atoms with Crippen molar-refractivity contribution in [2.75, 3.05) is 0 Å². The number of fused-ring (bicyclic) bond motifs is 2. The molecule has 0 spiro atoms. The van der Waals surface area contributed by atoms with Crippen molar-refractivity contribution in [2.24, 2.45) is 5.92 Å². The first kappa shape index (κ1) is 19.9. The summed E-state index contributed by atoms with van der Waals surface area (Å²) in [5.41, 5.74) is 3.61. The molecule has 5 rings (SSSR count). The predicted octanol–water partition coefficient (Wildman–Crippen LogP) is 5.40. The SMILES string of the molecule is Cc1cccc2[nH]cc(C(C)C(C3CCCCC3)n3c(=O)[nH]c4ccccc4c3=O)c12. The fraction of sp³-hybridized carbons (Fsp3) is 0.385. The third kappa shape index (κ3) is 3.32. The summed E-state index contributed by atoms with van der Waals surface area (Å²) < 4.78 is 1.53. The molecule has 1 saturated carbocycles. The van der Waals surface area contributed by atoms with Gasteiger partial charge in [-0.1, -0.05) is 50.5 Å².